The Kier molecular flexibility index (Phi) is 4.71. The SMILES string of the molecule is N#CC(=Cc1ccc(-c2cccc(Cl)c2Cl)o1)c1ccc(F)cc1. The first kappa shape index (κ1) is 16.3. The molecular weight excluding hydrogens is 348 g/mol. The van der Waals surface area contributed by atoms with Crippen LogP contribution in [0.2, 0.25) is 10.0 Å². The zero-order valence-corrected chi connectivity index (χ0v) is 13.8. The average molecular weight is 358 g/mol. The summed E-state index contributed by atoms with van der Waals surface area (Å²) in [6, 6.07) is 16.5. The highest BCUT2D eigenvalue weighted by Crippen LogP contribution is 2.34. The lowest BCUT2D eigenvalue weighted by Crippen LogP contribution is -1.82. The van der Waals surface area contributed by atoms with Crippen LogP contribution in [0.4, 0.5) is 4.39 Å². The number of benzene rings is 2. The van der Waals surface area contributed by atoms with Gasteiger partial charge < -0.3 is 4.42 Å². The first-order chi connectivity index (χ1) is 11.6. The second-order valence-electron chi connectivity index (χ2n) is 4.98. The topological polar surface area (TPSA) is 36.9 Å². The maximum atomic E-state index is 13.0. The van der Waals surface area contributed by atoms with Gasteiger partial charge in [-0.2, -0.15) is 5.26 Å². The van der Waals surface area contributed by atoms with Crippen molar-refractivity contribution in [3.63, 3.8) is 0 Å². The normalized spacial score (nSPS) is 11.3. The Morgan fingerprint density at radius 2 is 1.79 bits per heavy atom. The van der Waals surface area contributed by atoms with Gasteiger partial charge >= 0.3 is 0 Å². The molecule has 24 heavy (non-hydrogen) atoms. The van der Waals surface area contributed by atoms with Crippen molar-refractivity contribution in [2.75, 3.05) is 0 Å². The van der Waals surface area contributed by atoms with Crippen molar-refractivity contribution in [2.45, 2.75) is 0 Å². The summed E-state index contributed by atoms with van der Waals surface area (Å²) in [5.41, 5.74) is 1.65. The Morgan fingerprint density at radius 3 is 2.50 bits per heavy atom. The molecule has 0 saturated heterocycles. The first-order valence-corrected chi connectivity index (χ1v) is 7.76. The number of allylic oxidation sites excluding steroid dienone is 1. The van der Waals surface area contributed by atoms with Crippen LogP contribution in [0.1, 0.15) is 11.3 Å². The molecule has 0 aliphatic rings. The molecule has 0 spiro atoms. The van der Waals surface area contributed by atoms with E-state index in [0.717, 1.165) is 0 Å². The molecule has 0 saturated carbocycles. The molecule has 0 atom stereocenters. The molecule has 0 fully saturated rings. The molecule has 1 aromatic heterocycles. The zero-order chi connectivity index (χ0) is 17.1. The van der Waals surface area contributed by atoms with Crippen LogP contribution < -0.4 is 0 Å². The molecule has 1 heterocycles. The van der Waals surface area contributed by atoms with Crippen molar-refractivity contribution in [3.05, 3.63) is 81.8 Å². The highest BCUT2D eigenvalue weighted by atomic mass is 35.5. The number of nitrogens with zero attached hydrogens (tertiary/aromatic N) is 1. The van der Waals surface area contributed by atoms with Gasteiger partial charge in [0.15, 0.2) is 0 Å². The lowest BCUT2D eigenvalue weighted by Gasteiger charge is -2.02. The van der Waals surface area contributed by atoms with Crippen LogP contribution in [-0.2, 0) is 0 Å². The molecule has 5 heteroatoms. The van der Waals surface area contributed by atoms with Gasteiger partial charge in [-0.05, 0) is 48.0 Å². The van der Waals surface area contributed by atoms with Crippen molar-refractivity contribution >= 4 is 34.9 Å². The van der Waals surface area contributed by atoms with Gasteiger partial charge in [0.2, 0.25) is 0 Å². The van der Waals surface area contributed by atoms with Gasteiger partial charge in [-0.3, -0.25) is 0 Å². The standard InChI is InChI=1S/C19H10Cl2FNO/c20-17-3-1-2-16(19(17)21)18-9-8-15(24-18)10-13(11-23)12-4-6-14(22)7-5-12/h1-10H. The maximum absolute atomic E-state index is 13.0. The van der Waals surface area contributed by atoms with E-state index < -0.39 is 0 Å². The summed E-state index contributed by atoms with van der Waals surface area (Å²) in [6.45, 7) is 0. The number of rotatable bonds is 3. The molecule has 2 nitrogen and oxygen atoms in total. The minimum Gasteiger partial charge on any atom is -0.457 e. The first-order valence-electron chi connectivity index (χ1n) is 7.00. The zero-order valence-electron chi connectivity index (χ0n) is 12.3. The number of nitriles is 1. The van der Waals surface area contributed by atoms with E-state index in [9.17, 15) is 9.65 Å². The summed E-state index contributed by atoms with van der Waals surface area (Å²) in [5, 5.41) is 10.2. The predicted octanol–water partition coefficient (Wildman–Crippen LogP) is 6.46. The van der Waals surface area contributed by atoms with Crippen LogP contribution in [0.25, 0.3) is 23.0 Å². The van der Waals surface area contributed by atoms with Gasteiger partial charge in [0.25, 0.3) is 0 Å². The number of hydrogen-bond donors (Lipinski definition) is 0. The fourth-order valence-corrected chi connectivity index (χ4v) is 2.61. The minimum absolute atomic E-state index is 0.355. The third-order valence-electron chi connectivity index (χ3n) is 3.41. The third-order valence-corrected chi connectivity index (χ3v) is 4.23. The average Bonchev–Trinajstić information content (AvgIpc) is 3.04. The summed E-state index contributed by atoms with van der Waals surface area (Å²) in [4.78, 5) is 0. The van der Waals surface area contributed by atoms with Gasteiger partial charge in [0, 0.05) is 5.56 Å². The molecule has 3 aromatic rings. The van der Waals surface area contributed by atoms with Crippen LogP contribution in [0.5, 0.6) is 0 Å². The molecule has 0 radical (unpaired) electrons. The number of furan rings is 1. The Morgan fingerprint density at radius 1 is 1.04 bits per heavy atom. The maximum Gasteiger partial charge on any atom is 0.136 e. The number of halogens is 3. The molecular formula is C19H10Cl2FNO. The van der Waals surface area contributed by atoms with Crippen molar-refractivity contribution in [3.8, 4) is 17.4 Å². The van der Waals surface area contributed by atoms with Crippen molar-refractivity contribution in [1.82, 2.24) is 0 Å². The van der Waals surface area contributed by atoms with Gasteiger partial charge in [-0.1, -0.05) is 41.4 Å². The van der Waals surface area contributed by atoms with E-state index in [1.165, 1.54) is 12.1 Å². The lowest BCUT2D eigenvalue weighted by atomic mass is 10.1. The molecule has 0 unspecified atom stereocenters. The fourth-order valence-electron chi connectivity index (χ4n) is 2.22. The second-order valence-corrected chi connectivity index (χ2v) is 5.77. The Labute approximate surface area is 148 Å². The van der Waals surface area contributed by atoms with E-state index in [4.69, 9.17) is 27.6 Å². The molecule has 3 rings (SSSR count). The molecule has 0 aliphatic heterocycles. The minimum atomic E-state index is -0.355. The van der Waals surface area contributed by atoms with Gasteiger partial charge in [-0.25, -0.2) is 4.39 Å². The van der Waals surface area contributed by atoms with Crippen LogP contribution in [0, 0.1) is 17.1 Å². The third kappa shape index (κ3) is 3.35. The molecule has 0 aliphatic carbocycles. The van der Waals surface area contributed by atoms with E-state index in [-0.39, 0.29) is 5.82 Å². The Bertz CT molecular complexity index is 952. The highest BCUT2D eigenvalue weighted by Gasteiger charge is 2.11. The second kappa shape index (κ2) is 6.92. The Balaban J connectivity index is 1.96. The van der Waals surface area contributed by atoms with Crippen molar-refractivity contribution in [1.29, 1.82) is 5.26 Å². The molecule has 0 bridgehead atoms. The quantitative estimate of drug-likeness (QED) is 0.504. The summed E-state index contributed by atoms with van der Waals surface area (Å²) in [6.07, 6.45) is 1.59. The molecule has 2 aromatic carbocycles. The van der Waals surface area contributed by atoms with Crippen molar-refractivity contribution < 1.29 is 8.81 Å². The van der Waals surface area contributed by atoms with Gasteiger partial charge in [0.05, 0.1) is 21.7 Å². The van der Waals surface area contributed by atoms with Crippen LogP contribution in [-0.4, -0.2) is 0 Å². The molecule has 118 valence electrons. The van der Waals surface area contributed by atoms with E-state index in [2.05, 4.69) is 6.07 Å². The van der Waals surface area contributed by atoms with Crippen LogP contribution >= 0.6 is 23.2 Å². The monoisotopic (exact) mass is 357 g/mol. The summed E-state index contributed by atoms with van der Waals surface area (Å²) >= 11 is 12.2. The summed E-state index contributed by atoms with van der Waals surface area (Å²) in [5.74, 6) is 0.680. The fraction of sp³-hybridized carbons (Fsp3) is 0. The molecule has 0 N–H and O–H groups in total. The molecule has 0 amide bonds. The summed E-state index contributed by atoms with van der Waals surface area (Å²) < 4.78 is 18.7. The van der Waals surface area contributed by atoms with Gasteiger partial charge in [0.1, 0.15) is 17.3 Å². The van der Waals surface area contributed by atoms with E-state index in [0.29, 0.717) is 38.3 Å². The van der Waals surface area contributed by atoms with E-state index in [1.807, 2.05) is 0 Å². The van der Waals surface area contributed by atoms with Gasteiger partial charge in [-0.15, -0.1) is 0 Å². The van der Waals surface area contributed by atoms with Crippen LogP contribution in [0.3, 0.4) is 0 Å². The Hall–Kier alpha value is -2.54. The highest BCUT2D eigenvalue weighted by molar-refractivity contribution is 6.43. The van der Waals surface area contributed by atoms with Crippen LogP contribution in [0.15, 0.2) is 59.0 Å². The number of hydrogen-bond acceptors (Lipinski definition) is 2. The lowest BCUT2D eigenvalue weighted by molar-refractivity contribution is 0.572. The smallest absolute Gasteiger partial charge is 0.136 e. The van der Waals surface area contributed by atoms with E-state index in [1.54, 1.807) is 48.5 Å². The summed E-state index contributed by atoms with van der Waals surface area (Å²) in [7, 11) is 0. The predicted molar refractivity (Wildman–Crippen MR) is 94.0 cm³/mol. The van der Waals surface area contributed by atoms with Crippen molar-refractivity contribution in [2.24, 2.45) is 0 Å². The largest absolute Gasteiger partial charge is 0.457 e. The van der Waals surface area contributed by atoms with E-state index >= 15 is 0 Å².